The van der Waals surface area contributed by atoms with Crippen LogP contribution in [0.3, 0.4) is 0 Å². The van der Waals surface area contributed by atoms with E-state index in [1.165, 1.54) is 12.8 Å². The lowest BCUT2D eigenvalue weighted by molar-refractivity contribution is -0.136. The highest BCUT2D eigenvalue weighted by atomic mass is 16.2. The van der Waals surface area contributed by atoms with E-state index in [1.54, 1.807) is 0 Å². The molecule has 1 aliphatic carbocycles. The molecule has 0 spiro atoms. The average Bonchev–Trinajstić information content (AvgIpc) is 3.35. The summed E-state index contributed by atoms with van der Waals surface area (Å²) in [5, 5.41) is 0. The van der Waals surface area contributed by atoms with E-state index >= 15 is 0 Å². The van der Waals surface area contributed by atoms with Gasteiger partial charge in [-0.1, -0.05) is 13.3 Å². The molecule has 0 radical (unpaired) electrons. The van der Waals surface area contributed by atoms with Crippen molar-refractivity contribution in [2.24, 2.45) is 11.8 Å². The molecule has 0 aromatic carbocycles. The monoisotopic (exact) mass is 296 g/mol. The Kier molecular flexibility index (Phi) is 5.99. The molecule has 0 unspecified atom stereocenters. The van der Waals surface area contributed by atoms with Crippen molar-refractivity contribution in [3.8, 4) is 0 Å². The van der Waals surface area contributed by atoms with E-state index in [2.05, 4.69) is 17.2 Å². The predicted molar refractivity (Wildman–Crippen MR) is 81.1 cm³/mol. The van der Waals surface area contributed by atoms with Crippen LogP contribution in [0, 0.1) is 5.92 Å². The van der Waals surface area contributed by atoms with E-state index in [1.807, 2.05) is 4.90 Å². The molecule has 21 heavy (non-hydrogen) atoms. The SMILES string of the molecule is CCCCN(CC(=O)N1CCC(C(=O)NN)CC1)C1CC1. The molecule has 6 nitrogen and oxygen atoms in total. The number of amides is 2. The Labute approximate surface area is 127 Å². The molecule has 2 fully saturated rings. The van der Waals surface area contributed by atoms with Gasteiger partial charge in [0.2, 0.25) is 11.8 Å². The number of unbranched alkanes of at least 4 members (excludes halogenated alkanes) is 1. The van der Waals surface area contributed by atoms with Crippen LogP contribution in [0.15, 0.2) is 0 Å². The summed E-state index contributed by atoms with van der Waals surface area (Å²) in [4.78, 5) is 28.1. The molecule has 2 rings (SSSR count). The van der Waals surface area contributed by atoms with Gasteiger partial charge in [-0.25, -0.2) is 5.84 Å². The number of carbonyl (C=O) groups excluding carboxylic acids is 2. The molecule has 0 aromatic heterocycles. The topological polar surface area (TPSA) is 78.7 Å². The zero-order valence-electron chi connectivity index (χ0n) is 13.0. The largest absolute Gasteiger partial charge is 0.342 e. The molecule has 2 amide bonds. The van der Waals surface area contributed by atoms with Crippen molar-refractivity contribution in [1.29, 1.82) is 0 Å². The maximum absolute atomic E-state index is 12.4. The fraction of sp³-hybridized carbons (Fsp3) is 0.867. The molecular weight excluding hydrogens is 268 g/mol. The number of hydrazine groups is 1. The number of nitrogens with two attached hydrogens (primary N) is 1. The normalized spacial score (nSPS) is 19.9. The minimum absolute atomic E-state index is 0.0429. The van der Waals surface area contributed by atoms with Gasteiger partial charge in [-0.3, -0.25) is 19.9 Å². The Morgan fingerprint density at radius 3 is 2.43 bits per heavy atom. The Hall–Kier alpha value is -1.14. The van der Waals surface area contributed by atoms with E-state index in [0.717, 1.165) is 19.4 Å². The van der Waals surface area contributed by atoms with Crippen LogP contribution in [-0.2, 0) is 9.59 Å². The van der Waals surface area contributed by atoms with E-state index < -0.39 is 0 Å². The van der Waals surface area contributed by atoms with Gasteiger partial charge in [0.25, 0.3) is 0 Å². The molecule has 120 valence electrons. The summed E-state index contributed by atoms with van der Waals surface area (Å²) >= 11 is 0. The quantitative estimate of drug-likeness (QED) is 0.407. The first kappa shape index (κ1) is 16.2. The molecular formula is C15H28N4O2. The number of nitrogens with one attached hydrogen (secondary N) is 1. The number of nitrogens with zero attached hydrogens (tertiary/aromatic N) is 2. The summed E-state index contributed by atoms with van der Waals surface area (Å²) in [6.45, 7) is 5.09. The maximum atomic E-state index is 12.4. The van der Waals surface area contributed by atoms with Crippen LogP contribution in [-0.4, -0.2) is 53.8 Å². The fourth-order valence-electron chi connectivity index (χ4n) is 2.97. The van der Waals surface area contributed by atoms with Crippen molar-refractivity contribution in [3.05, 3.63) is 0 Å². The molecule has 1 saturated carbocycles. The number of hydrogen-bond acceptors (Lipinski definition) is 4. The summed E-state index contributed by atoms with van der Waals surface area (Å²) in [5.74, 6) is 5.23. The maximum Gasteiger partial charge on any atom is 0.237 e. The van der Waals surface area contributed by atoms with E-state index in [4.69, 9.17) is 5.84 Å². The molecule has 3 N–H and O–H groups in total. The first-order chi connectivity index (χ1) is 10.2. The number of rotatable bonds is 7. The molecule has 2 aliphatic rings. The molecule has 6 heteroatoms. The molecule has 1 aliphatic heterocycles. The number of likely N-dealkylation sites (tertiary alicyclic amines) is 1. The summed E-state index contributed by atoms with van der Waals surface area (Å²) < 4.78 is 0. The Morgan fingerprint density at radius 1 is 1.24 bits per heavy atom. The lowest BCUT2D eigenvalue weighted by Crippen LogP contribution is -2.47. The third-order valence-electron chi connectivity index (χ3n) is 4.56. The van der Waals surface area contributed by atoms with Crippen molar-refractivity contribution in [2.75, 3.05) is 26.2 Å². The van der Waals surface area contributed by atoms with Crippen LogP contribution in [0.4, 0.5) is 0 Å². The second-order valence-corrected chi connectivity index (χ2v) is 6.22. The smallest absolute Gasteiger partial charge is 0.237 e. The Balaban J connectivity index is 1.77. The standard InChI is InChI=1S/C15H28N4O2/c1-2-3-8-19(13-4-5-13)11-14(20)18-9-6-12(7-10-18)15(21)17-16/h12-13H,2-11,16H2,1H3,(H,17,21). The van der Waals surface area contributed by atoms with Crippen LogP contribution in [0.2, 0.25) is 0 Å². The highest BCUT2D eigenvalue weighted by Gasteiger charge is 2.32. The number of piperidine rings is 1. The summed E-state index contributed by atoms with van der Waals surface area (Å²) in [6.07, 6.45) is 6.21. The number of hydrogen-bond donors (Lipinski definition) is 2. The van der Waals surface area contributed by atoms with Gasteiger partial charge in [-0.05, 0) is 38.6 Å². The second-order valence-electron chi connectivity index (χ2n) is 6.22. The molecule has 0 bridgehead atoms. The minimum atomic E-state index is -0.107. The van der Waals surface area contributed by atoms with Gasteiger partial charge in [0, 0.05) is 25.0 Å². The van der Waals surface area contributed by atoms with Crippen molar-refractivity contribution in [1.82, 2.24) is 15.2 Å². The van der Waals surface area contributed by atoms with Crippen LogP contribution in [0.1, 0.15) is 45.4 Å². The van der Waals surface area contributed by atoms with Gasteiger partial charge < -0.3 is 4.90 Å². The zero-order valence-corrected chi connectivity index (χ0v) is 13.0. The Morgan fingerprint density at radius 2 is 1.90 bits per heavy atom. The Bertz CT molecular complexity index is 363. The lowest BCUT2D eigenvalue weighted by Gasteiger charge is -2.33. The van der Waals surface area contributed by atoms with Crippen molar-refractivity contribution in [2.45, 2.75) is 51.5 Å². The molecule has 0 atom stereocenters. The van der Waals surface area contributed by atoms with Crippen LogP contribution < -0.4 is 11.3 Å². The van der Waals surface area contributed by atoms with Gasteiger partial charge in [-0.15, -0.1) is 0 Å². The van der Waals surface area contributed by atoms with Crippen molar-refractivity contribution in [3.63, 3.8) is 0 Å². The lowest BCUT2D eigenvalue weighted by atomic mass is 9.96. The van der Waals surface area contributed by atoms with Crippen LogP contribution in [0.25, 0.3) is 0 Å². The van der Waals surface area contributed by atoms with Gasteiger partial charge in [-0.2, -0.15) is 0 Å². The van der Waals surface area contributed by atoms with E-state index in [9.17, 15) is 9.59 Å². The highest BCUT2D eigenvalue weighted by molar-refractivity contribution is 5.80. The first-order valence-electron chi connectivity index (χ1n) is 8.18. The van der Waals surface area contributed by atoms with Gasteiger partial charge in [0.15, 0.2) is 0 Å². The van der Waals surface area contributed by atoms with E-state index in [-0.39, 0.29) is 17.7 Å². The minimum Gasteiger partial charge on any atom is -0.342 e. The second kappa shape index (κ2) is 7.75. The third-order valence-corrected chi connectivity index (χ3v) is 4.56. The van der Waals surface area contributed by atoms with Crippen LogP contribution >= 0.6 is 0 Å². The van der Waals surface area contributed by atoms with Gasteiger partial charge >= 0.3 is 0 Å². The average molecular weight is 296 g/mol. The zero-order chi connectivity index (χ0) is 15.2. The fourth-order valence-corrected chi connectivity index (χ4v) is 2.97. The van der Waals surface area contributed by atoms with Crippen molar-refractivity contribution >= 4 is 11.8 Å². The molecule has 0 aromatic rings. The highest BCUT2D eigenvalue weighted by Crippen LogP contribution is 2.27. The third kappa shape index (κ3) is 4.68. The predicted octanol–water partition coefficient (Wildman–Crippen LogP) is 0.479. The molecule has 1 heterocycles. The summed E-state index contributed by atoms with van der Waals surface area (Å²) in [7, 11) is 0. The number of carbonyl (C=O) groups is 2. The van der Waals surface area contributed by atoms with Gasteiger partial charge in [0.05, 0.1) is 6.54 Å². The van der Waals surface area contributed by atoms with Gasteiger partial charge in [0.1, 0.15) is 0 Å². The first-order valence-corrected chi connectivity index (χ1v) is 8.18. The molecule has 1 saturated heterocycles. The van der Waals surface area contributed by atoms with Crippen molar-refractivity contribution < 1.29 is 9.59 Å². The van der Waals surface area contributed by atoms with Crippen LogP contribution in [0.5, 0.6) is 0 Å². The van der Waals surface area contributed by atoms with E-state index in [0.29, 0.717) is 38.5 Å². The summed E-state index contributed by atoms with van der Waals surface area (Å²) in [6, 6.07) is 0.626. The summed E-state index contributed by atoms with van der Waals surface area (Å²) in [5.41, 5.74) is 2.21.